The summed E-state index contributed by atoms with van der Waals surface area (Å²) in [5.74, 6) is -7.96. The Kier molecular flexibility index (Phi) is 5.04. The summed E-state index contributed by atoms with van der Waals surface area (Å²) in [4.78, 5) is 11.0. The summed E-state index contributed by atoms with van der Waals surface area (Å²) in [5, 5.41) is 10.5. The van der Waals surface area contributed by atoms with Crippen LogP contribution in [0.15, 0.2) is 30.3 Å². The number of carbonyl (C=O) groups is 1. The second-order valence-electron chi connectivity index (χ2n) is 4.11. The Bertz CT molecular complexity index is 447. The summed E-state index contributed by atoms with van der Waals surface area (Å²) in [6, 6.07) is 6.92. The van der Waals surface area contributed by atoms with Crippen molar-refractivity contribution in [3.8, 4) is 0 Å². The van der Waals surface area contributed by atoms with E-state index >= 15 is 0 Å². The van der Waals surface area contributed by atoms with E-state index < -0.39 is 30.7 Å². The molecular formula is C12H12F5NO2. The molecule has 1 unspecified atom stereocenters. The van der Waals surface area contributed by atoms with Crippen molar-refractivity contribution in [2.75, 3.05) is 6.61 Å². The van der Waals surface area contributed by atoms with Crippen LogP contribution in [-0.4, -0.2) is 35.8 Å². The zero-order valence-electron chi connectivity index (χ0n) is 10.1. The Hall–Kier alpha value is -1.70. The lowest BCUT2D eigenvalue weighted by Gasteiger charge is -2.22. The molecular weight excluding hydrogens is 285 g/mol. The predicted molar refractivity (Wildman–Crippen MR) is 60.2 cm³/mol. The van der Waals surface area contributed by atoms with Crippen molar-refractivity contribution in [1.29, 1.82) is 0 Å². The van der Waals surface area contributed by atoms with E-state index in [0.29, 0.717) is 5.56 Å². The number of nitrogens with one attached hydrogen (secondary N) is 1. The molecule has 112 valence electrons. The molecule has 0 aliphatic heterocycles. The lowest BCUT2D eigenvalue weighted by molar-refractivity contribution is -0.270. The lowest BCUT2D eigenvalue weighted by atomic mass is 10.1. The second-order valence-corrected chi connectivity index (χ2v) is 4.11. The van der Waals surface area contributed by atoms with Crippen molar-refractivity contribution in [3.05, 3.63) is 35.9 Å². The molecule has 1 rings (SSSR count). The van der Waals surface area contributed by atoms with Gasteiger partial charge in [0.1, 0.15) is 0 Å². The molecule has 0 aliphatic carbocycles. The van der Waals surface area contributed by atoms with Crippen molar-refractivity contribution in [1.82, 2.24) is 5.32 Å². The number of benzene rings is 1. The SMILES string of the molecule is O=C(NC(CO)Cc1ccccc1)C(F)(F)C(F)(F)F. The first-order chi connectivity index (χ1) is 9.18. The van der Waals surface area contributed by atoms with Gasteiger partial charge in [-0.1, -0.05) is 30.3 Å². The number of hydrogen-bond acceptors (Lipinski definition) is 2. The summed E-state index contributed by atoms with van der Waals surface area (Å²) in [7, 11) is 0. The number of rotatable bonds is 5. The molecule has 1 aromatic carbocycles. The van der Waals surface area contributed by atoms with Crippen molar-refractivity contribution in [2.24, 2.45) is 0 Å². The Labute approximate surface area is 111 Å². The largest absolute Gasteiger partial charge is 0.463 e. The first-order valence-corrected chi connectivity index (χ1v) is 5.58. The molecule has 0 heterocycles. The van der Waals surface area contributed by atoms with E-state index in [4.69, 9.17) is 5.11 Å². The molecule has 0 bridgehead atoms. The van der Waals surface area contributed by atoms with Gasteiger partial charge in [-0.05, 0) is 12.0 Å². The number of hydrogen-bond donors (Lipinski definition) is 2. The number of carbonyl (C=O) groups excluding carboxylic acids is 1. The van der Waals surface area contributed by atoms with Gasteiger partial charge in [0.25, 0.3) is 0 Å². The van der Waals surface area contributed by atoms with Crippen molar-refractivity contribution >= 4 is 5.91 Å². The third kappa shape index (κ3) is 3.89. The fourth-order valence-electron chi connectivity index (χ4n) is 1.46. The molecule has 3 nitrogen and oxygen atoms in total. The van der Waals surface area contributed by atoms with E-state index in [9.17, 15) is 26.7 Å². The normalized spacial score (nSPS) is 13.9. The Morgan fingerprint density at radius 3 is 2.15 bits per heavy atom. The molecule has 8 heteroatoms. The highest BCUT2D eigenvalue weighted by Gasteiger charge is 2.63. The molecule has 0 saturated carbocycles. The molecule has 0 aromatic heterocycles. The molecule has 1 aromatic rings. The van der Waals surface area contributed by atoms with Gasteiger partial charge >= 0.3 is 18.0 Å². The topological polar surface area (TPSA) is 49.3 Å². The highest BCUT2D eigenvalue weighted by molar-refractivity contribution is 5.84. The van der Waals surface area contributed by atoms with Gasteiger partial charge in [-0.25, -0.2) is 0 Å². The molecule has 0 fully saturated rings. The maximum atomic E-state index is 12.7. The number of alkyl halides is 5. The third-order valence-corrected chi connectivity index (χ3v) is 2.52. The number of halogens is 5. The minimum atomic E-state index is -5.97. The van der Waals surface area contributed by atoms with E-state index in [1.54, 1.807) is 30.3 Å². The van der Waals surface area contributed by atoms with Gasteiger partial charge in [-0.3, -0.25) is 4.79 Å². The lowest BCUT2D eigenvalue weighted by Crippen LogP contribution is -2.54. The molecule has 0 spiro atoms. The Balaban J connectivity index is 2.72. The average Bonchev–Trinajstić information content (AvgIpc) is 2.37. The Morgan fingerprint density at radius 1 is 1.15 bits per heavy atom. The van der Waals surface area contributed by atoms with Crippen molar-refractivity contribution in [3.63, 3.8) is 0 Å². The van der Waals surface area contributed by atoms with E-state index in [0.717, 1.165) is 0 Å². The first kappa shape index (κ1) is 16.4. The summed E-state index contributed by atoms with van der Waals surface area (Å²) in [6.07, 6.45) is -6.03. The smallest absolute Gasteiger partial charge is 0.394 e. The summed E-state index contributed by atoms with van der Waals surface area (Å²) in [5.41, 5.74) is 0.585. The zero-order valence-corrected chi connectivity index (χ0v) is 10.1. The van der Waals surface area contributed by atoms with E-state index in [1.807, 2.05) is 0 Å². The van der Waals surface area contributed by atoms with Crippen LogP contribution < -0.4 is 5.32 Å². The zero-order chi connectivity index (χ0) is 15.4. The summed E-state index contributed by atoms with van der Waals surface area (Å²) < 4.78 is 61.5. The Morgan fingerprint density at radius 2 is 1.70 bits per heavy atom. The summed E-state index contributed by atoms with van der Waals surface area (Å²) >= 11 is 0. The molecule has 1 atom stereocenters. The first-order valence-electron chi connectivity index (χ1n) is 5.58. The minimum Gasteiger partial charge on any atom is -0.394 e. The molecule has 0 aliphatic rings. The van der Waals surface area contributed by atoms with Gasteiger partial charge in [-0.2, -0.15) is 22.0 Å². The van der Waals surface area contributed by atoms with Crippen LogP contribution in [0.3, 0.4) is 0 Å². The molecule has 0 saturated heterocycles. The highest BCUT2D eigenvalue weighted by atomic mass is 19.4. The molecule has 2 N–H and O–H groups in total. The van der Waals surface area contributed by atoms with Crippen LogP contribution in [0.25, 0.3) is 0 Å². The fraction of sp³-hybridized carbons (Fsp3) is 0.417. The molecule has 20 heavy (non-hydrogen) atoms. The molecule has 0 radical (unpaired) electrons. The quantitative estimate of drug-likeness (QED) is 0.816. The predicted octanol–water partition coefficient (Wildman–Crippen LogP) is 1.90. The van der Waals surface area contributed by atoms with Gasteiger partial charge in [0.05, 0.1) is 12.6 Å². The van der Waals surface area contributed by atoms with E-state index in [-0.39, 0.29) is 6.42 Å². The van der Waals surface area contributed by atoms with Crippen LogP contribution in [0.5, 0.6) is 0 Å². The number of aliphatic hydroxyl groups is 1. The summed E-state index contributed by atoms with van der Waals surface area (Å²) in [6.45, 7) is -0.755. The average molecular weight is 297 g/mol. The van der Waals surface area contributed by atoms with Crippen molar-refractivity contribution in [2.45, 2.75) is 24.6 Å². The van der Waals surface area contributed by atoms with E-state index in [2.05, 4.69) is 0 Å². The standard InChI is InChI=1S/C12H12F5NO2/c13-11(14,12(15,16)17)10(20)18-9(7-19)6-8-4-2-1-3-5-8/h1-5,9,19H,6-7H2,(H,18,20). The fourth-order valence-corrected chi connectivity index (χ4v) is 1.46. The third-order valence-electron chi connectivity index (χ3n) is 2.52. The highest BCUT2D eigenvalue weighted by Crippen LogP contribution is 2.35. The van der Waals surface area contributed by atoms with Crippen LogP contribution >= 0.6 is 0 Å². The monoisotopic (exact) mass is 297 g/mol. The van der Waals surface area contributed by atoms with Gasteiger partial charge in [0.15, 0.2) is 0 Å². The van der Waals surface area contributed by atoms with Crippen LogP contribution in [0.2, 0.25) is 0 Å². The maximum Gasteiger partial charge on any atom is 0.463 e. The van der Waals surface area contributed by atoms with Crippen LogP contribution in [0.1, 0.15) is 5.56 Å². The van der Waals surface area contributed by atoms with E-state index in [1.165, 1.54) is 5.32 Å². The van der Waals surface area contributed by atoms with Gasteiger partial charge < -0.3 is 10.4 Å². The van der Waals surface area contributed by atoms with Crippen molar-refractivity contribution < 1.29 is 31.9 Å². The van der Waals surface area contributed by atoms with Gasteiger partial charge in [0.2, 0.25) is 0 Å². The minimum absolute atomic E-state index is 0.0585. The van der Waals surface area contributed by atoms with Crippen LogP contribution in [0.4, 0.5) is 22.0 Å². The van der Waals surface area contributed by atoms with Crippen LogP contribution in [0, 0.1) is 0 Å². The van der Waals surface area contributed by atoms with Gasteiger partial charge in [0, 0.05) is 0 Å². The molecule has 1 amide bonds. The van der Waals surface area contributed by atoms with Crippen LogP contribution in [-0.2, 0) is 11.2 Å². The number of aliphatic hydroxyl groups excluding tert-OH is 1. The number of amides is 1. The second kappa shape index (κ2) is 6.17. The maximum absolute atomic E-state index is 12.7. The van der Waals surface area contributed by atoms with Gasteiger partial charge in [-0.15, -0.1) is 0 Å².